The van der Waals surface area contributed by atoms with Gasteiger partial charge in [0.1, 0.15) is 5.00 Å². The van der Waals surface area contributed by atoms with Crippen molar-refractivity contribution in [2.24, 2.45) is 0 Å². The fraction of sp³-hybridized carbons (Fsp3) is 0.259. The Morgan fingerprint density at radius 3 is 2.50 bits per heavy atom. The lowest BCUT2D eigenvalue weighted by atomic mass is 9.95. The van der Waals surface area contributed by atoms with Crippen molar-refractivity contribution < 1.29 is 9.21 Å². The Morgan fingerprint density at radius 1 is 1.03 bits per heavy atom. The van der Waals surface area contributed by atoms with Crippen LogP contribution in [-0.4, -0.2) is 42.0 Å². The Bertz CT molecular complexity index is 1230. The van der Waals surface area contributed by atoms with Gasteiger partial charge in [0.2, 0.25) is 0 Å². The van der Waals surface area contributed by atoms with Crippen LogP contribution < -0.4 is 10.2 Å². The second kappa shape index (κ2) is 9.83. The number of pyridine rings is 1. The molecule has 0 radical (unpaired) electrons. The third-order valence-electron chi connectivity index (χ3n) is 6.48. The summed E-state index contributed by atoms with van der Waals surface area (Å²) in [6, 6.07) is 18.1. The maximum Gasteiger partial charge on any atom is 0.291 e. The van der Waals surface area contributed by atoms with Crippen LogP contribution in [0.2, 0.25) is 0 Å². The third-order valence-corrected chi connectivity index (χ3v) is 7.62. The molecule has 174 valence electrons. The summed E-state index contributed by atoms with van der Waals surface area (Å²) in [4.78, 5) is 23.4. The second-order valence-electron chi connectivity index (χ2n) is 8.50. The van der Waals surface area contributed by atoms with Gasteiger partial charge >= 0.3 is 0 Å². The van der Waals surface area contributed by atoms with Crippen molar-refractivity contribution in [2.45, 2.75) is 19.9 Å². The van der Waals surface area contributed by atoms with Crippen molar-refractivity contribution in [3.63, 3.8) is 0 Å². The number of carbonyl (C=O) groups excluding carboxylic acids is 1. The molecule has 1 amide bonds. The van der Waals surface area contributed by atoms with Gasteiger partial charge in [-0.2, -0.15) is 0 Å². The van der Waals surface area contributed by atoms with Crippen molar-refractivity contribution >= 4 is 27.9 Å². The minimum atomic E-state index is -0.230. The second-order valence-corrected chi connectivity index (χ2v) is 9.73. The molecule has 1 N–H and O–H groups in total. The van der Waals surface area contributed by atoms with Gasteiger partial charge in [0, 0.05) is 54.7 Å². The quantitative estimate of drug-likeness (QED) is 0.401. The lowest BCUT2D eigenvalue weighted by Crippen LogP contribution is -2.48. The normalized spacial score (nSPS) is 15.3. The highest BCUT2D eigenvalue weighted by Gasteiger charge is 2.32. The van der Waals surface area contributed by atoms with Crippen molar-refractivity contribution in [3.05, 3.63) is 101 Å². The van der Waals surface area contributed by atoms with Crippen LogP contribution in [0.3, 0.4) is 0 Å². The van der Waals surface area contributed by atoms with Crippen molar-refractivity contribution in [2.75, 3.05) is 36.4 Å². The smallest absolute Gasteiger partial charge is 0.291 e. The van der Waals surface area contributed by atoms with Crippen LogP contribution in [0.4, 0.5) is 10.7 Å². The summed E-state index contributed by atoms with van der Waals surface area (Å²) in [5, 5.41) is 4.00. The number of para-hydroxylation sites is 1. The molecule has 7 heteroatoms. The van der Waals surface area contributed by atoms with E-state index in [0.717, 1.165) is 42.3 Å². The molecule has 0 aliphatic carbocycles. The van der Waals surface area contributed by atoms with E-state index < -0.39 is 0 Å². The summed E-state index contributed by atoms with van der Waals surface area (Å²) in [5.74, 6) is 0.0791. The summed E-state index contributed by atoms with van der Waals surface area (Å²) in [6.45, 7) is 7.96. The molecular weight excluding hydrogens is 444 g/mol. The number of thiophene rings is 1. The number of nitrogens with zero attached hydrogens (tertiary/aromatic N) is 3. The summed E-state index contributed by atoms with van der Waals surface area (Å²) in [5.41, 5.74) is 4.74. The average molecular weight is 473 g/mol. The molecule has 0 saturated carbocycles. The molecule has 1 atom stereocenters. The topological polar surface area (TPSA) is 61.6 Å². The van der Waals surface area contributed by atoms with Gasteiger partial charge in [0.05, 0.1) is 12.3 Å². The Hall–Kier alpha value is -3.42. The molecule has 1 saturated heterocycles. The van der Waals surface area contributed by atoms with Gasteiger partial charge < -0.3 is 14.6 Å². The molecule has 3 aromatic heterocycles. The standard InChI is InChI=1S/C27H28N4O2S/c1-19-20(2)34-27(29-26(32)23-11-7-17-33-23)24(19)25(21-8-6-12-28-18-21)31-15-13-30(14-16-31)22-9-4-3-5-10-22/h3-12,17-18,25H,13-16H2,1-2H3,(H,29,32)/t25-/m0/s1. The SMILES string of the molecule is Cc1sc(NC(=O)c2ccco2)c([C@H](c2cccnc2)N2CCN(c3ccccc3)CC2)c1C. The number of piperazine rings is 1. The number of amides is 1. The molecule has 1 aromatic carbocycles. The van der Waals surface area contributed by atoms with E-state index >= 15 is 0 Å². The molecule has 6 nitrogen and oxygen atoms in total. The fourth-order valence-electron chi connectivity index (χ4n) is 4.61. The molecule has 0 bridgehead atoms. The minimum absolute atomic E-state index is 0.00322. The monoisotopic (exact) mass is 472 g/mol. The molecule has 0 spiro atoms. The maximum atomic E-state index is 12.9. The number of benzene rings is 1. The summed E-state index contributed by atoms with van der Waals surface area (Å²) < 4.78 is 5.33. The number of furan rings is 1. The van der Waals surface area contributed by atoms with Crippen molar-refractivity contribution in [1.82, 2.24) is 9.88 Å². The van der Waals surface area contributed by atoms with Gasteiger partial charge in [0.25, 0.3) is 5.91 Å². The molecular formula is C27H28N4O2S. The van der Waals surface area contributed by atoms with Crippen LogP contribution >= 0.6 is 11.3 Å². The largest absolute Gasteiger partial charge is 0.459 e. The van der Waals surface area contributed by atoms with E-state index in [0.29, 0.717) is 5.76 Å². The van der Waals surface area contributed by atoms with Crippen molar-refractivity contribution in [1.29, 1.82) is 0 Å². The zero-order chi connectivity index (χ0) is 23.5. The first kappa shape index (κ1) is 22.4. The van der Waals surface area contributed by atoms with E-state index in [1.807, 2.05) is 12.3 Å². The van der Waals surface area contributed by atoms with Crippen LogP contribution in [-0.2, 0) is 0 Å². The molecule has 1 fully saturated rings. The number of aromatic nitrogens is 1. The molecule has 34 heavy (non-hydrogen) atoms. The molecule has 0 unspecified atom stereocenters. The van der Waals surface area contributed by atoms with Crippen LogP contribution in [0.25, 0.3) is 0 Å². The van der Waals surface area contributed by atoms with E-state index in [1.165, 1.54) is 22.4 Å². The minimum Gasteiger partial charge on any atom is -0.459 e. The number of carbonyl (C=O) groups is 1. The highest BCUT2D eigenvalue weighted by Crippen LogP contribution is 2.42. The number of anilines is 2. The van der Waals surface area contributed by atoms with Gasteiger partial charge in [-0.15, -0.1) is 11.3 Å². The number of aryl methyl sites for hydroxylation is 1. The first-order valence-corrected chi connectivity index (χ1v) is 12.3. The highest BCUT2D eigenvalue weighted by molar-refractivity contribution is 7.16. The Morgan fingerprint density at radius 2 is 1.82 bits per heavy atom. The maximum absolute atomic E-state index is 12.9. The van der Waals surface area contributed by atoms with Crippen LogP contribution in [0.1, 0.15) is 38.2 Å². The lowest BCUT2D eigenvalue weighted by molar-refractivity contribution is 0.0996. The van der Waals surface area contributed by atoms with E-state index in [4.69, 9.17) is 4.42 Å². The van der Waals surface area contributed by atoms with E-state index in [9.17, 15) is 4.79 Å². The molecule has 1 aliphatic heterocycles. The van der Waals surface area contributed by atoms with Gasteiger partial charge in [0.15, 0.2) is 5.76 Å². The average Bonchev–Trinajstić information content (AvgIpc) is 3.51. The molecule has 1 aliphatic rings. The summed E-state index contributed by atoms with van der Waals surface area (Å²) >= 11 is 1.62. The van der Waals surface area contributed by atoms with Gasteiger partial charge in [-0.1, -0.05) is 24.3 Å². The van der Waals surface area contributed by atoms with Gasteiger partial charge in [-0.3, -0.25) is 14.7 Å². The van der Waals surface area contributed by atoms with E-state index in [-0.39, 0.29) is 11.9 Å². The lowest BCUT2D eigenvalue weighted by Gasteiger charge is -2.40. The molecule has 5 rings (SSSR count). The Kier molecular flexibility index (Phi) is 6.47. The molecule has 4 aromatic rings. The van der Waals surface area contributed by atoms with Crippen molar-refractivity contribution in [3.8, 4) is 0 Å². The van der Waals surface area contributed by atoms with Crippen LogP contribution in [0.15, 0.2) is 77.7 Å². The predicted molar refractivity (Wildman–Crippen MR) is 137 cm³/mol. The predicted octanol–water partition coefficient (Wildman–Crippen LogP) is 5.52. The number of hydrogen-bond acceptors (Lipinski definition) is 6. The fourth-order valence-corrected chi connectivity index (χ4v) is 5.70. The van der Waals surface area contributed by atoms with E-state index in [1.54, 1.807) is 29.7 Å². The Labute approximate surface area is 203 Å². The third kappa shape index (κ3) is 4.49. The number of nitrogens with one attached hydrogen (secondary N) is 1. The number of rotatable bonds is 6. The van der Waals surface area contributed by atoms with Gasteiger partial charge in [-0.05, 0) is 55.3 Å². The highest BCUT2D eigenvalue weighted by atomic mass is 32.1. The van der Waals surface area contributed by atoms with Crippen LogP contribution in [0, 0.1) is 13.8 Å². The zero-order valence-corrected chi connectivity index (χ0v) is 20.2. The first-order valence-electron chi connectivity index (χ1n) is 11.5. The first-order chi connectivity index (χ1) is 16.6. The summed E-state index contributed by atoms with van der Waals surface area (Å²) in [6.07, 6.45) is 5.27. The van der Waals surface area contributed by atoms with Gasteiger partial charge in [-0.25, -0.2) is 0 Å². The zero-order valence-electron chi connectivity index (χ0n) is 19.4. The Balaban J connectivity index is 1.47. The number of hydrogen-bond donors (Lipinski definition) is 1. The van der Waals surface area contributed by atoms with E-state index in [2.05, 4.69) is 70.3 Å². The summed E-state index contributed by atoms with van der Waals surface area (Å²) in [7, 11) is 0. The van der Waals surface area contributed by atoms with Crippen LogP contribution in [0.5, 0.6) is 0 Å². The molecule has 4 heterocycles.